The third-order valence-electron chi connectivity index (χ3n) is 4.50. The van der Waals surface area contributed by atoms with E-state index >= 15 is 0 Å². The Labute approximate surface area is 148 Å². The maximum atomic E-state index is 14.2. The molecule has 0 saturated heterocycles. The summed E-state index contributed by atoms with van der Waals surface area (Å²) in [5.74, 6) is -0.300. The molecule has 1 N–H and O–H groups in total. The van der Waals surface area contributed by atoms with E-state index < -0.39 is 5.97 Å². The van der Waals surface area contributed by atoms with Crippen LogP contribution >= 0.6 is 0 Å². The van der Waals surface area contributed by atoms with Crippen molar-refractivity contribution in [3.63, 3.8) is 0 Å². The fraction of sp³-hybridized carbons (Fsp3) is 0.211. The van der Waals surface area contributed by atoms with Gasteiger partial charge in [-0.15, -0.1) is 0 Å². The van der Waals surface area contributed by atoms with Gasteiger partial charge in [0.1, 0.15) is 28.7 Å². The lowest BCUT2D eigenvalue weighted by Gasteiger charge is -2.28. The molecular weight excluding hydrogens is 337 g/mol. The molecule has 3 heterocycles. The van der Waals surface area contributed by atoms with E-state index in [0.29, 0.717) is 42.3 Å². The lowest BCUT2D eigenvalue weighted by molar-refractivity contribution is 0.0697. The van der Waals surface area contributed by atoms with Gasteiger partial charge in [-0.1, -0.05) is 17.3 Å². The smallest absolute Gasteiger partial charge is 0.339 e. The average molecular weight is 353 g/mol. The normalized spacial score (nSPS) is 13.5. The highest BCUT2D eigenvalue weighted by molar-refractivity contribution is 5.93. The molecule has 1 aliphatic heterocycles. The first-order valence-corrected chi connectivity index (χ1v) is 8.23. The Morgan fingerprint density at radius 2 is 2.08 bits per heavy atom. The Morgan fingerprint density at radius 3 is 2.85 bits per heavy atom. The number of fused-ring (bicyclic) bond motifs is 1. The number of aromatic nitrogens is 2. The average Bonchev–Trinajstić information content (AvgIpc) is 3.04. The van der Waals surface area contributed by atoms with E-state index in [1.807, 2.05) is 11.8 Å². The zero-order valence-corrected chi connectivity index (χ0v) is 14.1. The first kappa shape index (κ1) is 16.3. The number of carboxylic acid groups (broad SMARTS) is 1. The molecule has 2 aromatic heterocycles. The predicted molar refractivity (Wildman–Crippen MR) is 92.6 cm³/mol. The van der Waals surface area contributed by atoms with E-state index in [1.54, 1.807) is 30.3 Å². The minimum Gasteiger partial charge on any atom is -0.478 e. The van der Waals surface area contributed by atoms with Gasteiger partial charge in [-0.25, -0.2) is 14.2 Å². The van der Waals surface area contributed by atoms with Crippen molar-refractivity contribution in [3.05, 3.63) is 64.8 Å². The Morgan fingerprint density at radius 1 is 1.27 bits per heavy atom. The SMILES string of the molecule is Cc1ccc(C(=O)O)c(N2CCc3onc(-c4ccccc4F)c3C2)n1. The molecule has 1 aromatic carbocycles. The Hall–Kier alpha value is -3.22. The second-order valence-corrected chi connectivity index (χ2v) is 6.21. The first-order chi connectivity index (χ1) is 12.5. The van der Waals surface area contributed by atoms with Crippen LogP contribution in [-0.4, -0.2) is 27.8 Å². The second-order valence-electron chi connectivity index (χ2n) is 6.21. The summed E-state index contributed by atoms with van der Waals surface area (Å²) in [6, 6.07) is 9.62. The van der Waals surface area contributed by atoms with Crippen LogP contribution in [0.15, 0.2) is 40.9 Å². The lowest BCUT2D eigenvalue weighted by atomic mass is 10.0. The zero-order valence-electron chi connectivity index (χ0n) is 14.1. The van der Waals surface area contributed by atoms with Gasteiger partial charge in [0.2, 0.25) is 0 Å². The quantitative estimate of drug-likeness (QED) is 0.777. The number of hydrogen-bond donors (Lipinski definition) is 1. The van der Waals surface area contributed by atoms with E-state index in [1.165, 1.54) is 6.07 Å². The molecule has 0 spiro atoms. The summed E-state index contributed by atoms with van der Waals surface area (Å²) in [6.45, 7) is 2.73. The van der Waals surface area contributed by atoms with Crippen LogP contribution in [0.4, 0.5) is 10.2 Å². The van der Waals surface area contributed by atoms with Crippen LogP contribution in [0.2, 0.25) is 0 Å². The minimum atomic E-state index is -1.03. The monoisotopic (exact) mass is 353 g/mol. The summed E-state index contributed by atoms with van der Waals surface area (Å²) < 4.78 is 19.6. The van der Waals surface area contributed by atoms with Crippen molar-refractivity contribution in [2.45, 2.75) is 19.9 Å². The van der Waals surface area contributed by atoms with Crippen LogP contribution in [-0.2, 0) is 13.0 Å². The molecule has 0 atom stereocenters. The minimum absolute atomic E-state index is 0.142. The van der Waals surface area contributed by atoms with Gasteiger partial charge in [0, 0.05) is 29.8 Å². The second kappa shape index (κ2) is 6.25. The number of carboxylic acids is 1. The van der Waals surface area contributed by atoms with Crippen LogP contribution in [0.5, 0.6) is 0 Å². The molecule has 0 unspecified atom stereocenters. The number of benzene rings is 1. The standard InChI is InChI=1S/C19H16FN3O3/c1-11-6-7-13(19(24)25)18(21-11)23-9-8-16-14(10-23)17(22-26-16)12-4-2-3-5-15(12)20/h2-7H,8-10H2,1H3,(H,24,25). The summed E-state index contributed by atoms with van der Waals surface area (Å²) in [6.07, 6.45) is 0.547. The predicted octanol–water partition coefficient (Wildman–Crippen LogP) is 3.45. The van der Waals surface area contributed by atoms with Gasteiger partial charge in [-0.2, -0.15) is 0 Å². The molecule has 0 radical (unpaired) electrons. The van der Waals surface area contributed by atoms with Crippen molar-refractivity contribution in [2.24, 2.45) is 0 Å². The van der Waals surface area contributed by atoms with E-state index in [0.717, 1.165) is 11.3 Å². The third-order valence-corrected chi connectivity index (χ3v) is 4.50. The molecule has 4 rings (SSSR count). The first-order valence-electron chi connectivity index (χ1n) is 8.23. The summed E-state index contributed by atoms with van der Waals surface area (Å²) in [5.41, 5.74) is 2.46. The van der Waals surface area contributed by atoms with Gasteiger partial charge in [0.25, 0.3) is 0 Å². The summed E-state index contributed by atoms with van der Waals surface area (Å²) in [5, 5.41) is 13.5. The number of aryl methyl sites for hydroxylation is 1. The summed E-state index contributed by atoms with van der Waals surface area (Å²) in [7, 11) is 0. The molecule has 1 aliphatic rings. The van der Waals surface area contributed by atoms with Gasteiger partial charge in [0.15, 0.2) is 0 Å². The fourth-order valence-electron chi connectivity index (χ4n) is 3.21. The van der Waals surface area contributed by atoms with Crippen molar-refractivity contribution in [1.82, 2.24) is 10.1 Å². The van der Waals surface area contributed by atoms with Crippen LogP contribution < -0.4 is 4.90 Å². The van der Waals surface area contributed by atoms with Crippen molar-refractivity contribution < 1.29 is 18.8 Å². The molecular formula is C19H16FN3O3. The maximum absolute atomic E-state index is 14.2. The topological polar surface area (TPSA) is 79.5 Å². The molecule has 0 saturated carbocycles. The molecule has 3 aromatic rings. The molecule has 0 aliphatic carbocycles. The van der Waals surface area contributed by atoms with Crippen molar-refractivity contribution in [1.29, 1.82) is 0 Å². The Bertz CT molecular complexity index is 999. The fourth-order valence-corrected chi connectivity index (χ4v) is 3.21. The largest absolute Gasteiger partial charge is 0.478 e. The highest BCUT2D eigenvalue weighted by atomic mass is 19.1. The molecule has 0 fully saturated rings. The highest BCUT2D eigenvalue weighted by Gasteiger charge is 2.28. The lowest BCUT2D eigenvalue weighted by Crippen LogP contribution is -2.32. The van der Waals surface area contributed by atoms with Crippen molar-refractivity contribution in [2.75, 3.05) is 11.4 Å². The van der Waals surface area contributed by atoms with Crippen LogP contribution in [0.1, 0.15) is 27.4 Å². The number of halogens is 1. The molecule has 0 amide bonds. The number of nitrogens with zero attached hydrogens (tertiary/aromatic N) is 3. The zero-order chi connectivity index (χ0) is 18.3. The molecule has 132 valence electrons. The van der Waals surface area contributed by atoms with Gasteiger partial charge < -0.3 is 14.5 Å². The Kier molecular flexibility index (Phi) is 3.91. The molecule has 6 nitrogen and oxygen atoms in total. The van der Waals surface area contributed by atoms with Gasteiger partial charge in [-0.3, -0.25) is 0 Å². The van der Waals surface area contributed by atoms with Crippen molar-refractivity contribution in [3.8, 4) is 11.3 Å². The van der Waals surface area contributed by atoms with Gasteiger partial charge in [-0.05, 0) is 31.2 Å². The van der Waals surface area contributed by atoms with Gasteiger partial charge in [0.05, 0.1) is 6.54 Å². The molecule has 26 heavy (non-hydrogen) atoms. The Balaban J connectivity index is 1.76. The van der Waals surface area contributed by atoms with E-state index in [9.17, 15) is 14.3 Å². The van der Waals surface area contributed by atoms with Crippen LogP contribution in [0.3, 0.4) is 0 Å². The van der Waals surface area contributed by atoms with E-state index in [4.69, 9.17) is 4.52 Å². The van der Waals surface area contributed by atoms with Crippen molar-refractivity contribution >= 4 is 11.8 Å². The number of rotatable bonds is 3. The van der Waals surface area contributed by atoms with Crippen LogP contribution in [0.25, 0.3) is 11.3 Å². The van der Waals surface area contributed by atoms with Gasteiger partial charge >= 0.3 is 5.97 Å². The number of anilines is 1. The summed E-state index contributed by atoms with van der Waals surface area (Å²) >= 11 is 0. The highest BCUT2D eigenvalue weighted by Crippen LogP contribution is 2.33. The third kappa shape index (κ3) is 2.71. The summed E-state index contributed by atoms with van der Waals surface area (Å²) in [4.78, 5) is 17.8. The van der Waals surface area contributed by atoms with E-state index in [2.05, 4.69) is 10.1 Å². The number of pyridine rings is 1. The molecule has 0 bridgehead atoms. The number of carbonyl (C=O) groups is 1. The number of aromatic carboxylic acids is 1. The van der Waals surface area contributed by atoms with E-state index in [-0.39, 0.29) is 11.4 Å². The van der Waals surface area contributed by atoms with Crippen LogP contribution in [0, 0.1) is 12.7 Å². The number of hydrogen-bond acceptors (Lipinski definition) is 5. The maximum Gasteiger partial charge on any atom is 0.339 e. The molecule has 7 heteroatoms.